The van der Waals surface area contributed by atoms with Crippen molar-refractivity contribution in [2.24, 2.45) is 5.10 Å². The monoisotopic (exact) mass is 421 g/mol. The Morgan fingerprint density at radius 3 is 2.48 bits per heavy atom. The Hall–Kier alpha value is -1.89. The quantitative estimate of drug-likeness (QED) is 0.437. The van der Waals surface area contributed by atoms with Crippen LogP contribution in [0.4, 0.5) is 5.69 Å². The molecule has 1 amide bonds. The molecule has 23 heavy (non-hydrogen) atoms. The van der Waals surface area contributed by atoms with E-state index in [1.54, 1.807) is 12.3 Å². The number of hydrogen-bond donors (Lipinski definition) is 1. The van der Waals surface area contributed by atoms with Crippen LogP contribution >= 0.6 is 22.6 Å². The highest BCUT2D eigenvalue weighted by Gasteiger charge is 2.04. The Morgan fingerprint density at radius 2 is 1.87 bits per heavy atom. The van der Waals surface area contributed by atoms with Gasteiger partial charge in [0.15, 0.2) is 0 Å². The highest BCUT2D eigenvalue weighted by molar-refractivity contribution is 14.1. The molecule has 0 bridgehead atoms. The number of anilines is 1. The third-order valence-electron chi connectivity index (χ3n) is 3.49. The van der Waals surface area contributed by atoms with Crippen LogP contribution in [0.25, 0.3) is 0 Å². The predicted octanol–water partition coefficient (Wildman–Crippen LogP) is 3.90. The van der Waals surface area contributed by atoms with Crippen molar-refractivity contribution in [2.45, 2.75) is 13.8 Å². The normalized spacial score (nSPS) is 10.7. The second-order valence-electron chi connectivity index (χ2n) is 4.97. The lowest BCUT2D eigenvalue weighted by molar-refractivity contribution is 0.0955. The lowest BCUT2D eigenvalue weighted by Gasteiger charge is -2.20. The van der Waals surface area contributed by atoms with Gasteiger partial charge in [0.25, 0.3) is 5.91 Å². The van der Waals surface area contributed by atoms with Crippen molar-refractivity contribution in [2.75, 3.05) is 18.0 Å². The number of nitrogens with zero attached hydrogens (tertiary/aromatic N) is 2. The molecule has 2 aromatic rings. The second kappa shape index (κ2) is 8.67. The van der Waals surface area contributed by atoms with Crippen molar-refractivity contribution >= 4 is 40.4 Å². The summed E-state index contributed by atoms with van der Waals surface area (Å²) >= 11 is 2.18. The fourth-order valence-electron chi connectivity index (χ4n) is 2.22. The molecule has 5 heteroatoms. The number of hydrogen-bond acceptors (Lipinski definition) is 3. The molecule has 0 aliphatic carbocycles. The molecule has 4 nitrogen and oxygen atoms in total. The number of carbonyl (C=O) groups is 1. The zero-order valence-electron chi connectivity index (χ0n) is 13.3. The zero-order chi connectivity index (χ0) is 16.7. The molecule has 1 N–H and O–H groups in total. The first-order valence-corrected chi connectivity index (χ1v) is 8.66. The van der Waals surface area contributed by atoms with Gasteiger partial charge in [0.2, 0.25) is 0 Å². The first-order chi connectivity index (χ1) is 11.1. The van der Waals surface area contributed by atoms with Gasteiger partial charge in [-0.25, -0.2) is 5.43 Å². The second-order valence-corrected chi connectivity index (χ2v) is 6.22. The Morgan fingerprint density at radius 1 is 1.17 bits per heavy atom. The zero-order valence-corrected chi connectivity index (χ0v) is 15.4. The van der Waals surface area contributed by atoms with Gasteiger partial charge < -0.3 is 4.90 Å². The Kier molecular flexibility index (Phi) is 6.58. The third-order valence-corrected chi connectivity index (χ3v) is 4.16. The Labute approximate surface area is 150 Å². The minimum Gasteiger partial charge on any atom is -0.372 e. The van der Waals surface area contributed by atoms with Gasteiger partial charge in [-0.15, -0.1) is 0 Å². The molecule has 0 saturated heterocycles. The smallest absolute Gasteiger partial charge is 0.271 e. The average molecular weight is 421 g/mol. The molecule has 2 aromatic carbocycles. The van der Waals surface area contributed by atoms with E-state index in [4.69, 9.17) is 0 Å². The number of rotatable bonds is 6. The van der Waals surface area contributed by atoms with Crippen molar-refractivity contribution in [1.29, 1.82) is 0 Å². The molecule has 0 aromatic heterocycles. The van der Waals surface area contributed by atoms with Crippen molar-refractivity contribution in [3.63, 3.8) is 0 Å². The Bertz CT molecular complexity index is 679. The van der Waals surface area contributed by atoms with Crippen molar-refractivity contribution in [3.05, 3.63) is 63.2 Å². The first kappa shape index (κ1) is 17.5. The van der Waals surface area contributed by atoms with E-state index in [1.807, 2.05) is 30.3 Å². The summed E-state index contributed by atoms with van der Waals surface area (Å²) in [6.45, 7) is 6.24. The van der Waals surface area contributed by atoms with E-state index >= 15 is 0 Å². The molecule has 0 aliphatic rings. The van der Waals surface area contributed by atoms with Gasteiger partial charge in [-0.3, -0.25) is 4.79 Å². The van der Waals surface area contributed by atoms with Gasteiger partial charge in [-0.05, 0) is 72.3 Å². The van der Waals surface area contributed by atoms with Crippen molar-refractivity contribution < 1.29 is 4.79 Å². The van der Waals surface area contributed by atoms with Crippen LogP contribution in [-0.2, 0) is 0 Å². The summed E-state index contributed by atoms with van der Waals surface area (Å²) in [5, 5.41) is 4.02. The number of amides is 1. The summed E-state index contributed by atoms with van der Waals surface area (Å²) in [5.41, 5.74) is 5.29. The first-order valence-electron chi connectivity index (χ1n) is 7.58. The highest BCUT2D eigenvalue weighted by Crippen LogP contribution is 2.14. The van der Waals surface area contributed by atoms with E-state index in [9.17, 15) is 4.79 Å². The van der Waals surface area contributed by atoms with Crippen LogP contribution in [0.2, 0.25) is 0 Å². The molecule has 0 aliphatic heterocycles. The van der Waals surface area contributed by atoms with Crippen LogP contribution < -0.4 is 10.3 Å². The summed E-state index contributed by atoms with van der Waals surface area (Å²) in [6, 6.07) is 15.5. The largest absolute Gasteiger partial charge is 0.372 e. The van der Waals surface area contributed by atoms with Crippen LogP contribution in [0.1, 0.15) is 29.8 Å². The lowest BCUT2D eigenvalue weighted by atomic mass is 10.2. The van der Waals surface area contributed by atoms with Gasteiger partial charge in [0.1, 0.15) is 0 Å². The molecule has 0 spiro atoms. The number of hydrazone groups is 1. The fraction of sp³-hybridized carbons (Fsp3) is 0.222. The molecule has 2 rings (SSSR count). The minimum absolute atomic E-state index is 0.209. The van der Waals surface area contributed by atoms with Gasteiger partial charge >= 0.3 is 0 Å². The van der Waals surface area contributed by atoms with Crippen molar-refractivity contribution in [3.8, 4) is 0 Å². The number of benzene rings is 2. The molecule has 0 fully saturated rings. The van der Waals surface area contributed by atoms with Crippen LogP contribution in [-0.4, -0.2) is 25.2 Å². The average Bonchev–Trinajstić information content (AvgIpc) is 2.57. The maximum Gasteiger partial charge on any atom is 0.271 e. The number of halogens is 1. The maximum absolute atomic E-state index is 12.0. The summed E-state index contributed by atoms with van der Waals surface area (Å²) in [6.07, 6.45) is 1.65. The molecular weight excluding hydrogens is 401 g/mol. The van der Waals surface area contributed by atoms with Gasteiger partial charge in [0, 0.05) is 27.9 Å². The maximum atomic E-state index is 12.0. The SMILES string of the molecule is CCN(CC)c1ccc(/C=N\NC(=O)c2cccc(I)c2)cc1. The van der Waals surface area contributed by atoms with E-state index in [2.05, 4.69) is 64.0 Å². The van der Waals surface area contributed by atoms with Crippen LogP contribution in [0, 0.1) is 3.57 Å². The molecule has 0 atom stereocenters. The number of carbonyl (C=O) groups excluding carboxylic acids is 1. The molecule has 0 saturated carbocycles. The highest BCUT2D eigenvalue weighted by atomic mass is 127. The molecule has 0 radical (unpaired) electrons. The van der Waals surface area contributed by atoms with E-state index in [-0.39, 0.29) is 5.91 Å². The summed E-state index contributed by atoms with van der Waals surface area (Å²) < 4.78 is 1.02. The van der Waals surface area contributed by atoms with E-state index in [0.717, 1.165) is 22.2 Å². The summed E-state index contributed by atoms with van der Waals surface area (Å²) in [7, 11) is 0. The third kappa shape index (κ3) is 5.06. The molecule has 0 heterocycles. The van der Waals surface area contributed by atoms with Crippen LogP contribution in [0.5, 0.6) is 0 Å². The summed E-state index contributed by atoms with van der Waals surface area (Å²) in [4.78, 5) is 14.3. The van der Waals surface area contributed by atoms with E-state index in [1.165, 1.54) is 5.69 Å². The van der Waals surface area contributed by atoms with Gasteiger partial charge in [-0.2, -0.15) is 5.10 Å². The predicted molar refractivity (Wildman–Crippen MR) is 104 cm³/mol. The topological polar surface area (TPSA) is 44.7 Å². The lowest BCUT2D eigenvalue weighted by Crippen LogP contribution is -2.21. The fourth-order valence-corrected chi connectivity index (χ4v) is 2.76. The molecule has 0 unspecified atom stereocenters. The minimum atomic E-state index is -0.209. The van der Waals surface area contributed by atoms with Crippen LogP contribution in [0.15, 0.2) is 53.6 Å². The molecular formula is C18H20IN3O. The number of nitrogens with one attached hydrogen (secondary N) is 1. The Balaban J connectivity index is 1.96. The van der Waals surface area contributed by atoms with Gasteiger partial charge in [0.05, 0.1) is 6.21 Å². The van der Waals surface area contributed by atoms with Gasteiger partial charge in [-0.1, -0.05) is 18.2 Å². The van der Waals surface area contributed by atoms with Crippen LogP contribution in [0.3, 0.4) is 0 Å². The van der Waals surface area contributed by atoms with E-state index in [0.29, 0.717) is 5.56 Å². The van der Waals surface area contributed by atoms with E-state index < -0.39 is 0 Å². The summed E-state index contributed by atoms with van der Waals surface area (Å²) in [5.74, 6) is -0.209. The van der Waals surface area contributed by atoms with Crippen molar-refractivity contribution in [1.82, 2.24) is 5.43 Å². The molecule has 120 valence electrons. The standard InChI is InChI=1S/C18H20IN3O/c1-3-22(4-2)17-10-8-14(9-11-17)13-20-21-18(23)15-6-5-7-16(19)12-15/h5-13H,3-4H2,1-2H3,(H,21,23)/b20-13-.